The number of anilines is 3. The van der Waals surface area contributed by atoms with Gasteiger partial charge in [0, 0.05) is 33.5 Å². The van der Waals surface area contributed by atoms with Crippen molar-refractivity contribution in [2.24, 2.45) is 0 Å². The van der Waals surface area contributed by atoms with E-state index in [4.69, 9.17) is 0 Å². The van der Waals surface area contributed by atoms with Crippen LogP contribution in [0.1, 0.15) is 0 Å². The predicted octanol–water partition coefficient (Wildman–Crippen LogP) is 12.5. The molecule has 11 aromatic rings. The molecular formula is C58H42N2Si. The first-order valence-corrected chi connectivity index (χ1v) is 23.0. The van der Waals surface area contributed by atoms with Crippen molar-refractivity contribution in [3.8, 4) is 16.8 Å². The minimum Gasteiger partial charge on any atom is -0.310 e. The topological polar surface area (TPSA) is 8.17 Å². The first kappa shape index (κ1) is 36.4. The first-order chi connectivity index (χ1) is 30.3. The van der Waals surface area contributed by atoms with Gasteiger partial charge in [0.2, 0.25) is 0 Å². The van der Waals surface area contributed by atoms with E-state index in [0.717, 1.165) is 22.7 Å². The van der Waals surface area contributed by atoms with Crippen LogP contribution in [0.15, 0.2) is 255 Å². The van der Waals surface area contributed by atoms with E-state index < -0.39 is 8.07 Å². The molecule has 10 aromatic carbocycles. The van der Waals surface area contributed by atoms with Gasteiger partial charge >= 0.3 is 0 Å². The summed E-state index contributed by atoms with van der Waals surface area (Å²) in [6, 6.07) is 93.8. The van der Waals surface area contributed by atoms with Gasteiger partial charge in [0.25, 0.3) is 0 Å². The third-order valence-electron chi connectivity index (χ3n) is 12.3. The van der Waals surface area contributed by atoms with Crippen LogP contribution in [0.2, 0.25) is 0 Å². The molecule has 1 aromatic heterocycles. The molecule has 0 amide bonds. The standard InChI is InChI=1S/C58H42N2Si/c1-6-18-43(19-7-1)45-30-33-48(34-31-45)59(49-35-32-44-20-16-17-21-46(44)40-49)50-36-38-57-55(41-50)56-42-54(37-39-58(56)60(57)47-22-8-2-9-23-47)61(51-24-10-3-11-25-51,52-26-12-4-13-27-52)53-28-14-5-15-29-53/h1-42H. The quantitative estimate of drug-likeness (QED) is 0.104. The summed E-state index contributed by atoms with van der Waals surface area (Å²) in [5.74, 6) is 0. The van der Waals surface area contributed by atoms with Crippen molar-refractivity contribution in [2.45, 2.75) is 0 Å². The van der Waals surface area contributed by atoms with Crippen molar-refractivity contribution in [3.05, 3.63) is 255 Å². The number of aromatic nitrogens is 1. The molecule has 11 rings (SSSR count). The highest BCUT2D eigenvalue weighted by atomic mass is 28.3. The highest BCUT2D eigenvalue weighted by molar-refractivity contribution is 7.20. The maximum absolute atomic E-state index is 2.79. The van der Waals surface area contributed by atoms with E-state index in [9.17, 15) is 0 Å². The smallest absolute Gasteiger partial charge is 0.179 e. The van der Waals surface area contributed by atoms with E-state index >= 15 is 0 Å². The Morgan fingerprint density at radius 3 is 1.34 bits per heavy atom. The van der Waals surface area contributed by atoms with Crippen molar-refractivity contribution in [2.75, 3.05) is 4.90 Å². The van der Waals surface area contributed by atoms with Crippen LogP contribution in [0.4, 0.5) is 17.1 Å². The highest BCUT2D eigenvalue weighted by Crippen LogP contribution is 2.41. The molecule has 0 saturated heterocycles. The summed E-state index contributed by atoms with van der Waals surface area (Å²) in [4.78, 5) is 2.41. The van der Waals surface area contributed by atoms with Crippen LogP contribution in [0, 0.1) is 0 Å². The average molecular weight is 795 g/mol. The Morgan fingerprint density at radius 2 is 0.738 bits per heavy atom. The Hall–Kier alpha value is -7.72. The lowest BCUT2D eigenvalue weighted by Crippen LogP contribution is -2.74. The molecule has 0 unspecified atom stereocenters. The predicted molar refractivity (Wildman–Crippen MR) is 262 cm³/mol. The van der Waals surface area contributed by atoms with Crippen LogP contribution >= 0.6 is 0 Å². The van der Waals surface area contributed by atoms with Crippen LogP contribution in [0.3, 0.4) is 0 Å². The molecule has 2 nitrogen and oxygen atoms in total. The van der Waals surface area contributed by atoms with Gasteiger partial charge in [-0.3, -0.25) is 0 Å². The Labute approximate surface area is 357 Å². The second-order valence-corrected chi connectivity index (χ2v) is 19.5. The fourth-order valence-electron chi connectivity index (χ4n) is 9.50. The van der Waals surface area contributed by atoms with E-state index in [1.807, 2.05) is 0 Å². The van der Waals surface area contributed by atoms with Crippen LogP contribution in [0.5, 0.6) is 0 Å². The van der Waals surface area contributed by atoms with Gasteiger partial charge in [-0.2, -0.15) is 0 Å². The van der Waals surface area contributed by atoms with Crippen LogP contribution < -0.4 is 25.6 Å². The Morgan fingerprint density at radius 1 is 0.295 bits per heavy atom. The third-order valence-corrected chi connectivity index (χ3v) is 17.1. The number of para-hydroxylation sites is 1. The number of nitrogens with zero attached hydrogens (tertiary/aromatic N) is 2. The second kappa shape index (κ2) is 15.5. The van der Waals surface area contributed by atoms with Gasteiger partial charge in [0.15, 0.2) is 8.07 Å². The van der Waals surface area contributed by atoms with Crippen molar-refractivity contribution < 1.29 is 0 Å². The highest BCUT2D eigenvalue weighted by Gasteiger charge is 2.41. The lowest BCUT2D eigenvalue weighted by atomic mass is 10.0. The fourth-order valence-corrected chi connectivity index (χ4v) is 14.3. The second-order valence-electron chi connectivity index (χ2n) is 15.7. The normalized spacial score (nSPS) is 11.6. The summed E-state index contributed by atoms with van der Waals surface area (Å²) < 4.78 is 2.43. The molecule has 0 atom stereocenters. The molecule has 1 heterocycles. The fraction of sp³-hybridized carbons (Fsp3) is 0. The third kappa shape index (κ3) is 6.35. The van der Waals surface area contributed by atoms with Gasteiger partial charge in [-0.05, 0) is 103 Å². The monoisotopic (exact) mass is 794 g/mol. The van der Waals surface area contributed by atoms with Gasteiger partial charge in [-0.25, -0.2) is 0 Å². The molecule has 0 radical (unpaired) electrons. The number of fused-ring (bicyclic) bond motifs is 4. The summed E-state index contributed by atoms with van der Waals surface area (Å²) in [6.07, 6.45) is 0. The molecule has 0 bridgehead atoms. The lowest BCUT2D eigenvalue weighted by molar-refractivity contribution is 1.18. The zero-order valence-corrected chi connectivity index (χ0v) is 34.6. The molecule has 0 aliphatic carbocycles. The van der Waals surface area contributed by atoms with Gasteiger partial charge in [0.1, 0.15) is 0 Å². The van der Waals surface area contributed by atoms with Gasteiger partial charge < -0.3 is 9.47 Å². The van der Waals surface area contributed by atoms with Crippen molar-refractivity contribution in [1.29, 1.82) is 0 Å². The van der Waals surface area contributed by atoms with E-state index in [1.165, 1.54) is 64.5 Å². The maximum atomic E-state index is 2.52. The van der Waals surface area contributed by atoms with Crippen molar-refractivity contribution in [1.82, 2.24) is 4.57 Å². The van der Waals surface area contributed by atoms with E-state index in [2.05, 4.69) is 264 Å². The van der Waals surface area contributed by atoms with Crippen LogP contribution in [-0.4, -0.2) is 12.6 Å². The summed E-state index contributed by atoms with van der Waals surface area (Å²) in [6.45, 7) is 0. The summed E-state index contributed by atoms with van der Waals surface area (Å²) in [7, 11) is -2.79. The molecule has 61 heavy (non-hydrogen) atoms. The molecule has 288 valence electrons. The van der Waals surface area contributed by atoms with Crippen LogP contribution in [0.25, 0.3) is 49.4 Å². The number of hydrogen-bond donors (Lipinski definition) is 0. The Kier molecular flexibility index (Phi) is 9.22. The maximum Gasteiger partial charge on any atom is 0.179 e. The molecule has 0 fully saturated rings. The van der Waals surface area contributed by atoms with Crippen molar-refractivity contribution >= 4 is 78.5 Å². The largest absolute Gasteiger partial charge is 0.310 e. The minimum atomic E-state index is -2.79. The van der Waals surface area contributed by atoms with E-state index in [0.29, 0.717) is 0 Å². The summed E-state index contributed by atoms with van der Waals surface area (Å²) in [5, 5.41) is 10.3. The zero-order valence-electron chi connectivity index (χ0n) is 33.6. The van der Waals surface area contributed by atoms with E-state index in [1.54, 1.807) is 0 Å². The lowest BCUT2D eigenvalue weighted by Gasteiger charge is -2.34. The number of benzene rings is 10. The molecular weight excluding hydrogens is 753 g/mol. The molecule has 0 N–H and O–H groups in total. The van der Waals surface area contributed by atoms with Crippen molar-refractivity contribution in [3.63, 3.8) is 0 Å². The SMILES string of the molecule is c1ccc(-c2ccc(N(c3ccc4ccccc4c3)c3ccc4c(c3)c3cc([Si](c5ccccc5)(c5ccccc5)c5ccccc5)ccc3n4-c3ccccc3)cc2)cc1. The summed E-state index contributed by atoms with van der Waals surface area (Å²) in [5.41, 5.74) is 9.22. The molecule has 3 heteroatoms. The van der Waals surface area contributed by atoms with Gasteiger partial charge in [-0.1, -0.05) is 194 Å². The molecule has 0 saturated carbocycles. The minimum absolute atomic E-state index is 1.10. The average Bonchev–Trinajstić information content (AvgIpc) is 3.67. The first-order valence-electron chi connectivity index (χ1n) is 21.0. The van der Waals surface area contributed by atoms with Gasteiger partial charge in [0.05, 0.1) is 11.0 Å². The van der Waals surface area contributed by atoms with E-state index in [-0.39, 0.29) is 0 Å². The zero-order chi connectivity index (χ0) is 40.6. The summed E-state index contributed by atoms with van der Waals surface area (Å²) >= 11 is 0. The molecule has 0 spiro atoms. The van der Waals surface area contributed by atoms with Gasteiger partial charge in [-0.15, -0.1) is 0 Å². The number of hydrogen-bond acceptors (Lipinski definition) is 1. The Balaban J connectivity index is 1.18. The Bertz CT molecular complexity index is 3180. The molecule has 0 aliphatic rings. The number of rotatable bonds is 9. The molecule has 0 aliphatic heterocycles. The van der Waals surface area contributed by atoms with Crippen LogP contribution in [-0.2, 0) is 0 Å².